The second kappa shape index (κ2) is 10.1. The van der Waals surface area contributed by atoms with E-state index in [0.29, 0.717) is 12.0 Å². The largest absolute Gasteiger partial charge is 0.369 e. The van der Waals surface area contributed by atoms with Crippen LogP contribution < -0.4 is 10.2 Å². The molecule has 0 spiro atoms. The summed E-state index contributed by atoms with van der Waals surface area (Å²) in [6.45, 7) is 10.8. The molecule has 1 saturated carbocycles. The number of nitrogens with zero attached hydrogens (tertiary/aromatic N) is 2. The molecule has 1 aromatic carbocycles. The monoisotopic (exact) mass is 401 g/mol. The van der Waals surface area contributed by atoms with Gasteiger partial charge in [-0.3, -0.25) is 9.69 Å². The van der Waals surface area contributed by atoms with Crippen molar-refractivity contribution < 1.29 is 4.79 Å². The minimum atomic E-state index is 0.0578. The lowest BCUT2D eigenvalue weighted by atomic mass is 10.1. The molecule has 2 aliphatic rings. The van der Waals surface area contributed by atoms with E-state index in [4.69, 9.17) is 11.6 Å². The molecule has 1 aromatic rings. The van der Waals surface area contributed by atoms with Crippen molar-refractivity contribution >= 4 is 23.2 Å². The first kappa shape index (κ1) is 20.9. The summed E-state index contributed by atoms with van der Waals surface area (Å²) < 4.78 is 0. The van der Waals surface area contributed by atoms with Gasteiger partial charge in [0.15, 0.2) is 0 Å². The maximum atomic E-state index is 12.2. The zero-order chi connectivity index (χ0) is 19.9. The number of amides is 1. The summed E-state index contributed by atoms with van der Waals surface area (Å²) in [5.41, 5.74) is 2.07. The Morgan fingerprint density at radius 1 is 1.21 bits per heavy atom. The van der Waals surface area contributed by atoms with Crippen LogP contribution >= 0.6 is 11.6 Å². The topological polar surface area (TPSA) is 35.6 Å². The van der Waals surface area contributed by atoms with Gasteiger partial charge in [0.2, 0.25) is 5.91 Å². The van der Waals surface area contributed by atoms with Gasteiger partial charge in [0.1, 0.15) is 0 Å². The van der Waals surface area contributed by atoms with E-state index in [0.717, 1.165) is 49.7 Å². The molecule has 1 amide bonds. The summed E-state index contributed by atoms with van der Waals surface area (Å²) in [5.74, 6) is 0.646. The van der Waals surface area contributed by atoms with E-state index in [2.05, 4.69) is 33.8 Å². The molecule has 1 heterocycles. The van der Waals surface area contributed by atoms with Crippen LogP contribution in [0.4, 0.5) is 5.69 Å². The predicted octanol–water partition coefficient (Wildman–Crippen LogP) is 4.27. The van der Waals surface area contributed by atoms with Gasteiger partial charge in [0, 0.05) is 55.0 Å². The van der Waals surface area contributed by atoms with Gasteiger partial charge in [-0.15, -0.1) is 0 Å². The third-order valence-electron chi connectivity index (χ3n) is 6.08. The number of rotatable bonds is 7. The van der Waals surface area contributed by atoms with Gasteiger partial charge in [0.25, 0.3) is 0 Å². The van der Waals surface area contributed by atoms with E-state index < -0.39 is 0 Å². The molecular weight excluding hydrogens is 370 g/mol. The molecule has 5 heteroatoms. The number of hydrogen-bond donors (Lipinski definition) is 1. The van der Waals surface area contributed by atoms with Gasteiger partial charge in [-0.25, -0.2) is 0 Å². The van der Waals surface area contributed by atoms with Gasteiger partial charge >= 0.3 is 0 Å². The minimum absolute atomic E-state index is 0.0578. The highest BCUT2D eigenvalue weighted by molar-refractivity contribution is 6.30. The highest BCUT2D eigenvalue weighted by Crippen LogP contribution is 2.30. The molecule has 2 atom stereocenters. The van der Waals surface area contributed by atoms with Crippen molar-refractivity contribution in [2.45, 2.75) is 38.6 Å². The summed E-state index contributed by atoms with van der Waals surface area (Å²) >= 11 is 6.00. The highest BCUT2D eigenvalue weighted by atomic mass is 35.5. The van der Waals surface area contributed by atoms with Crippen LogP contribution in [0.1, 0.15) is 32.6 Å². The summed E-state index contributed by atoms with van der Waals surface area (Å²) in [6, 6.07) is 8.80. The maximum absolute atomic E-state index is 12.2. The summed E-state index contributed by atoms with van der Waals surface area (Å²) in [5, 5.41) is 3.91. The zero-order valence-corrected chi connectivity index (χ0v) is 17.6. The van der Waals surface area contributed by atoms with Crippen molar-refractivity contribution in [3.63, 3.8) is 0 Å². The van der Waals surface area contributed by atoms with Crippen LogP contribution in [0.3, 0.4) is 0 Å². The van der Waals surface area contributed by atoms with Crippen molar-refractivity contribution in [1.82, 2.24) is 10.2 Å². The second-order valence-electron chi connectivity index (χ2n) is 7.82. The third kappa shape index (κ3) is 5.39. The van der Waals surface area contributed by atoms with Gasteiger partial charge < -0.3 is 10.2 Å². The van der Waals surface area contributed by atoms with Crippen LogP contribution in [-0.4, -0.2) is 49.6 Å². The van der Waals surface area contributed by atoms with Gasteiger partial charge in [-0.1, -0.05) is 37.3 Å². The summed E-state index contributed by atoms with van der Waals surface area (Å²) in [6.07, 6.45) is 7.87. The molecule has 152 valence electrons. The van der Waals surface area contributed by atoms with Crippen LogP contribution in [0.2, 0.25) is 5.02 Å². The molecule has 28 heavy (non-hydrogen) atoms. The molecule has 1 saturated heterocycles. The molecule has 1 aliphatic carbocycles. The van der Waals surface area contributed by atoms with E-state index in [-0.39, 0.29) is 5.91 Å². The molecule has 1 N–H and O–H groups in total. The van der Waals surface area contributed by atoms with E-state index in [9.17, 15) is 4.79 Å². The number of carbonyl (C=O) groups is 1. The Labute approximate surface area is 174 Å². The molecule has 4 nitrogen and oxygen atoms in total. The zero-order valence-electron chi connectivity index (χ0n) is 16.9. The maximum Gasteiger partial charge on any atom is 0.247 e. The number of anilines is 1. The van der Waals surface area contributed by atoms with Crippen LogP contribution in [-0.2, 0) is 4.79 Å². The fourth-order valence-electron chi connectivity index (χ4n) is 4.41. The number of hydrogen-bond acceptors (Lipinski definition) is 3. The summed E-state index contributed by atoms with van der Waals surface area (Å²) in [7, 11) is 0. The molecule has 0 bridgehead atoms. The minimum Gasteiger partial charge on any atom is -0.369 e. The standard InChI is InChI=1S/C23H32ClN3O/c1-3-5-19(4-2)23(28)25-17-18-6-9-22(16-18)27-14-12-26(13-15-27)21-10-7-20(24)8-11-21/h3,5,7-8,10-11,18,22H,1,4,6,9,12-17H2,2H3,(H,25,28)/b19-5-/t18-,22?/m1/s1. The van der Waals surface area contributed by atoms with Crippen LogP contribution in [0.25, 0.3) is 0 Å². The number of piperazine rings is 1. The van der Waals surface area contributed by atoms with Crippen molar-refractivity contribution in [1.29, 1.82) is 0 Å². The Bertz CT molecular complexity index is 692. The van der Waals surface area contributed by atoms with E-state index >= 15 is 0 Å². The lowest BCUT2D eigenvalue weighted by molar-refractivity contribution is -0.117. The highest BCUT2D eigenvalue weighted by Gasteiger charge is 2.31. The smallest absolute Gasteiger partial charge is 0.247 e. The predicted molar refractivity (Wildman–Crippen MR) is 118 cm³/mol. The fourth-order valence-corrected chi connectivity index (χ4v) is 4.54. The van der Waals surface area contributed by atoms with Crippen molar-refractivity contribution in [2.24, 2.45) is 5.92 Å². The quantitative estimate of drug-likeness (QED) is 0.547. The lowest BCUT2D eigenvalue weighted by Crippen LogP contribution is -2.50. The van der Waals surface area contributed by atoms with Crippen molar-refractivity contribution in [3.8, 4) is 0 Å². The number of benzene rings is 1. The van der Waals surface area contributed by atoms with Crippen LogP contribution in [0.15, 0.2) is 48.6 Å². The van der Waals surface area contributed by atoms with Crippen LogP contribution in [0.5, 0.6) is 0 Å². The molecule has 1 aliphatic heterocycles. The van der Waals surface area contributed by atoms with Crippen LogP contribution in [0, 0.1) is 5.92 Å². The van der Waals surface area contributed by atoms with Crippen molar-refractivity contribution in [3.05, 3.63) is 53.6 Å². The Morgan fingerprint density at radius 2 is 1.93 bits per heavy atom. The number of nitrogens with one attached hydrogen (secondary N) is 1. The second-order valence-corrected chi connectivity index (χ2v) is 8.26. The van der Waals surface area contributed by atoms with Gasteiger partial charge in [0.05, 0.1) is 0 Å². The Hall–Kier alpha value is -1.78. The first-order valence-corrected chi connectivity index (χ1v) is 10.8. The Balaban J connectivity index is 1.42. The number of halogens is 1. The fraction of sp³-hybridized carbons (Fsp3) is 0.522. The molecular formula is C23H32ClN3O. The Morgan fingerprint density at radius 3 is 2.57 bits per heavy atom. The van der Waals surface area contributed by atoms with Gasteiger partial charge in [-0.2, -0.15) is 0 Å². The van der Waals surface area contributed by atoms with Crippen molar-refractivity contribution in [2.75, 3.05) is 37.6 Å². The lowest BCUT2D eigenvalue weighted by Gasteiger charge is -2.39. The SMILES string of the molecule is C=C/C=C(/CC)C(=O)NC[C@@H]1CCC(N2CCN(c3ccc(Cl)cc3)CC2)C1. The van der Waals surface area contributed by atoms with E-state index in [1.54, 1.807) is 6.08 Å². The summed E-state index contributed by atoms with van der Waals surface area (Å²) in [4.78, 5) is 17.3. The number of allylic oxidation sites excluding steroid dienone is 2. The molecule has 2 fully saturated rings. The first-order chi connectivity index (χ1) is 13.6. The first-order valence-electron chi connectivity index (χ1n) is 10.4. The molecule has 3 rings (SSSR count). The average Bonchev–Trinajstić information content (AvgIpc) is 3.20. The average molecular weight is 402 g/mol. The Kier molecular flexibility index (Phi) is 7.57. The van der Waals surface area contributed by atoms with E-state index in [1.165, 1.54) is 24.9 Å². The molecule has 0 aromatic heterocycles. The third-order valence-corrected chi connectivity index (χ3v) is 6.33. The normalized spacial score (nSPS) is 23.6. The molecule has 1 unspecified atom stereocenters. The number of carbonyl (C=O) groups excluding carboxylic acids is 1. The molecule has 0 radical (unpaired) electrons. The van der Waals surface area contributed by atoms with E-state index in [1.807, 2.05) is 25.1 Å². The van der Waals surface area contributed by atoms with Gasteiger partial charge in [-0.05, 0) is 55.9 Å².